The smallest absolute Gasteiger partial charge is 0.229 e. The predicted molar refractivity (Wildman–Crippen MR) is 181 cm³/mol. The number of anilines is 4. The Kier molecular flexibility index (Phi) is 8.52. The zero-order chi connectivity index (χ0) is 32.1. The molecule has 2 aliphatic rings. The number of alkyl halides is 1. The molecule has 4 aromatic rings. The van der Waals surface area contributed by atoms with Gasteiger partial charge in [0.25, 0.3) is 0 Å². The van der Waals surface area contributed by atoms with Gasteiger partial charge in [-0.15, -0.1) is 0 Å². The Hall–Kier alpha value is -3.33. The lowest BCUT2D eigenvalue weighted by Crippen LogP contribution is -2.50. The molecule has 2 unspecified atom stereocenters. The Morgan fingerprint density at radius 3 is 2.40 bits per heavy atom. The second-order valence-electron chi connectivity index (χ2n) is 13.4. The fourth-order valence-corrected chi connectivity index (χ4v) is 7.90. The number of halogens is 2. The summed E-state index contributed by atoms with van der Waals surface area (Å²) in [6.45, 7) is 10.3. The number of hydrogen-bond acceptors (Lipinski definition) is 9. The lowest BCUT2D eigenvalue weighted by atomic mass is 9.83. The topological polar surface area (TPSA) is 105 Å². The highest BCUT2D eigenvalue weighted by atomic mass is 35.5. The Morgan fingerprint density at radius 2 is 1.73 bits per heavy atom. The molecule has 1 saturated heterocycles. The predicted octanol–water partition coefficient (Wildman–Crippen LogP) is 7.97. The van der Waals surface area contributed by atoms with Crippen LogP contribution in [0.3, 0.4) is 0 Å². The third-order valence-corrected chi connectivity index (χ3v) is 10.5. The van der Waals surface area contributed by atoms with E-state index < -0.39 is 13.4 Å². The minimum Gasteiger partial charge on any atom is -0.495 e. The first-order valence-corrected chi connectivity index (χ1v) is 18.3. The number of fused-ring (bicyclic) bond motifs is 1. The number of likely N-dealkylation sites (tertiary alicyclic amines) is 1. The fraction of sp³-hybridized carbons (Fsp3) is 0.455. The molecule has 2 N–H and O–H groups in total. The summed E-state index contributed by atoms with van der Waals surface area (Å²) in [5, 5.41) is 7.48. The largest absolute Gasteiger partial charge is 0.495 e. The van der Waals surface area contributed by atoms with Gasteiger partial charge in [-0.1, -0.05) is 11.6 Å². The highest BCUT2D eigenvalue weighted by Gasteiger charge is 2.38. The lowest BCUT2D eigenvalue weighted by molar-refractivity contribution is -0.0272. The van der Waals surface area contributed by atoms with Gasteiger partial charge in [0.15, 0.2) is 12.1 Å². The van der Waals surface area contributed by atoms with Crippen molar-refractivity contribution in [2.24, 2.45) is 0 Å². The van der Waals surface area contributed by atoms with E-state index in [0.29, 0.717) is 63.4 Å². The van der Waals surface area contributed by atoms with Crippen molar-refractivity contribution in [2.75, 3.05) is 37.6 Å². The Labute approximate surface area is 268 Å². The van der Waals surface area contributed by atoms with Crippen molar-refractivity contribution < 1.29 is 13.7 Å². The van der Waals surface area contributed by atoms with Gasteiger partial charge in [0, 0.05) is 24.5 Å². The van der Waals surface area contributed by atoms with Crippen LogP contribution >= 0.6 is 18.7 Å². The Morgan fingerprint density at radius 1 is 1.00 bits per heavy atom. The molecule has 9 nitrogen and oxygen atoms in total. The standard InChI is InChI=1S/C33H40ClFN7O2P/c1-33(2,3)42-14-11-20(15-28(42)35)22-17-27(44-4)26(16-21(22)19-7-8-19)40-32-38-18-23(34)31(41-32)39-25-10-9-24-29(37-13-12-36-24)30(25)45(5,6)43/h9-10,12-13,16-20,28H,7-8,11,14-15H2,1-6H3,(H2,38,39,40,41). The molecule has 2 aromatic heterocycles. The van der Waals surface area contributed by atoms with Crippen LogP contribution in [0.5, 0.6) is 5.75 Å². The number of aromatic nitrogens is 4. The molecule has 45 heavy (non-hydrogen) atoms. The second-order valence-corrected chi connectivity index (χ2v) is 16.9. The second kappa shape index (κ2) is 12.1. The van der Waals surface area contributed by atoms with Crippen molar-refractivity contribution in [1.29, 1.82) is 0 Å². The van der Waals surface area contributed by atoms with Crippen LogP contribution < -0.4 is 20.7 Å². The fourth-order valence-electron chi connectivity index (χ4n) is 6.36. The first kappa shape index (κ1) is 31.6. The van der Waals surface area contributed by atoms with E-state index in [0.717, 1.165) is 24.9 Å². The van der Waals surface area contributed by atoms with E-state index >= 15 is 4.39 Å². The summed E-state index contributed by atoms with van der Waals surface area (Å²) in [5.41, 5.74) is 4.74. The van der Waals surface area contributed by atoms with Crippen molar-refractivity contribution in [3.63, 3.8) is 0 Å². The van der Waals surface area contributed by atoms with E-state index in [1.54, 1.807) is 32.8 Å². The number of nitrogens with zero attached hydrogens (tertiary/aromatic N) is 5. The number of methoxy groups -OCH3 is 1. The highest BCUT2D eigenvalue weighted by molar-refractivity contribution is 7.71. The van der Waals surface area contributed by atoms with Crippen LogP contribution in [0.15, 0.2) is 42.9 Å². The van der Waals surface area contributed by atoms with Crippen molar-refractivity contribution in [2.45, 2.75) is 70.1 Å². The Balaban J connectivity index is 1.31. The van der Waals surface area contributed by atoms with E-state index in [1.165, 1.54) is 17.3 Å². The maximum absolute atomic E-state index is 15.4. The lowest BCUT2D eigenvalue weighted by Gasteiger charge is -2.43. The number of benzene rings is 2. The monoisotopic (exact) mass is 651 g/mol. The van der Waals surface area contributed by atoms with Gasteiger partial charge in [0.1, 0.15) is 23.4 Å². The van der Waals surface area contributed by atoms with Crippen LogP contribution in [-0.2, 0) is 4.57 Å². The quantitative estimate of drug-likeness (QED) is 0.145. The maximum Gasteiger partial charge on any atom is 0.229 e. The normalized spacial score (nSPS) is 19.5. The molecule has 0 radical (unpaired) electrons. The summed E-state index contributed by atoms with van der Waals surface area (Å²) >= 11 is 6.55. The molecule has 0 bridgehead atoms. The van der Waals surface area contributed by atoms with E-state index in [-0.39, 0.29) is 11.5 Å². The van der Waals surface area contributed by atoms with Gasteiger partial charge in [0.2, 0.25) is 5.95 Å². The van der Waals surface area contributed by atoms with E-state index in [9.17, 15) is 4.57 Å². The summed E-state index contributed by atoms with van der Waals surface area (Å²) in [6.07, 6.45) is 7.31. The minimum absolute atomic E-state index is 0.119. The molecule has 238 valence electrons. The molecular formula is C33H40ClFN7O2P. The molecule has 1 aliphatic carbocycles. The number of ether oxygens (including phenoxy) is 1. The molecule has 0 amide bonds. The molecule has 2 atom stereocenters. The number of rotatable bonds is 8. The van der Waals surface area contributed by atoms with E-state index in [2.05, 4.69) is 63.5 Å². The molecule has 2 aromatic carbocycles. The molecule has 0 spiro atoms. The number of nitrogens with one attached hydrogen (secondary N) is 2. The molecule has 6 rings (SSSR count). The summed E-state index contributed by atoms with van der Waals surface area (Å²) in [5.74, 6) is 1.87. The van der Waals surface area contributed by atoms with Gasteiger partial charge < -0.3 is 19.9 Å². The van der Waals surface area contributed by atoms with Crippen LogP contribution in [0.25, 0.3) is 11.0 Å². The van der Waals surface area contributed by atoms with Crippen LogP contribution in [0.1, 0.15) is 69.4 Å². The molecule has 1 aliphatic heterocycles. The zero-order valence-corrected chi connectivity index (χ0v) is 28.2. The summed E-state index contributed by atoms with van der Waals surface area (Å²) in [4.78, 5) is 19.9. The SMILES string of the molecule is COc1cc(C2CCN(C(C)(C)C)C(F)C2)c(C2CC2)cc1Nc1ncc(Cl)c(Nc2ccc3nccnc3c2P(C)(C)=O)n1. The highest BCUT2D eigenvalue weighted by Crippen LogP contribution is 2.49. The molecule has 12 heteroatoms. The maximum atomic E-state index is 15.4. The Bertz CT molecular complexity index is 1790. The molecule has 1 saturated carbocycles. The van der Waals surface area contributed by atoms with Gasteiger partial charge in [-0.05, 0) is 107 Å². The van der Waals surface area contributed by atoms with Gasteiger partial charge in [0.05, 0.1) is 35.5 Å². The van der Waals surface area contributed by atoms with Crippen LogP contribution in [0, 0.1) is 0 Å². The zero-order valence-electron chi connectivity index (χ0n) is 26.6. The number of piperidine rings is 1. The van der Waals surface area contributed by atoms with Crippen molar-refractivity contribution in [3.05, 3.63) is 59.0 Å². The van der Waals surface area contributed by atoms with Gasteiger partial charge in [-0.2, -0.15) is 4.98 Å². The molecule has 2 fully saturated rings. The minimum atomic E-state index is -2.78. The van der Waals surface area contributed by atoms with Gasteiger partial charge >= 0.3 is 0 Å². The third-order valence-electron chi connectivity index (χ3n) is 8.66. The summed E-state index contributed by atoms with van der Waals surface area (Å²) in [6, 6.07) is 7.82. The van der Waals surface area contributed by atoms with Crippen molar-refractivity contribution in [3.8, 4) is 5.75 Å². The van der Waals surface area contributed by atoms with Crippen LogP contribution in [0.2, 0.25) is 5.02 Å². The van der Waals surface area contributed by atoms with Crippen LogP contribution in [0.4, 0.5) is 27.5 Å². The van der Waals surface area contributed by atoms with Crippen molar-refractivity contribution in [1.82, 2.24) is 24.8 Å². The van der Waals surface area contributed by atoms with Crippen molar-refractivity contribution >= 4 is 58.2 Å². The first-order chi connectivity index (χ1) is 21.3. The summed E-state index contributed by atoms with van der Waals surface area (Å²) in [7, 11) is -1.15. The van der Waals surface area contributed by atoms with Gasteiger partial charge in [-0.25, -0.2) is 9.37 Å². The first-order valence-electron chi connectivity index (χ1n) is 15.3. The average Bonchev–Trinajstić information content (AvgIpc) is 3.83. The summed E-state index contributed by atoms with van der Waals surface area (Å²) < 4.78 is 34.6. The van der Waals surface area contributed by atoms with Gasteiger partial charge in [-0.3, -0.25) is 14.9 Å². The van der Waals surface area contributed by atoms with E-state index in [1.807, 2.05) is 17.0 Å². The van der Waals surface area contributed by atoms with Crippen LogP contribution in [-0.4, -0.2) is 63.7 Å². The van der Waals surface area contributed by atoms with E-state index in [4.69, 9.17) is 16.3 Å². The molecular weight excluding hydrogens is 612 g/mol. The molecule has 3 heterocycles. The number of hydrogen-bond donors (Lipinski definition) is 2. The third kappa shape index (κ3) is 6.64. The average molecular weight is 652 g/mol.